The highest BCUT2D eigenvalue weighted by Gasteiger charge is 2.64. The van der Waals surface area contributed by atoms with Crippen LogP contribution in [0, 0.1) is 0 Å². The van der Waals surface area contributed by atoms with Gasteiger partial charge in [-0.25, -0.2) is 0 Å². The van der Waals surface area contributed by atoms with Crippen molar-refractivity contribution in [2.75, 3.05) is 0 Å². The van der Waals surface area contributed by atoms with E-state index in [-0.39, 0.29) is 6.08 Å². The van der Waals surface area contributed by atoms with Gasteiger partial charge in [0.25, 0.3) is 0 Å². The molecule has 0 bridgehead atoms. The Hall–Kier alpha value is -0.870. The Bertz CT molecular complexity index is 241. The number of carbonyl (C=O) groups is 1. The van der Waals surface area contributed by atoms with Gasteiger partial charge in [-0.1, -0.05) is 0 Å². The summed E-state index contributed by atoms with van der Waals surface area (Å²) in [7, 11) is 0. The van der Waals surface area contributed by atoms with Crippen LogP contribution >= 0.6 is 0 Å². The van der Waals surface area contributed by atoms with Gasteiger partial charge >= 0.3 is 11.8 Å². The molecule has 62 valence electrons. The van der Waals surface area contributed by atoms with Crippen LogP contribution in [0.1, 0.15) is 6.92 Å². The number of carbonyl (C=O) groups excluding carboxylic acids is 1. The highest BCUT2D eigenvalue weighted by atomic mass is 19.3. The molecule has 0 amide bonds. The van der Waals surface area contributed by atoms with Crippen molar-refractivity contribution >= 4 is 5.78 Å². The first-order chi connectivity index (χ1) is 4.79. The summed E-state index contributed by atoms with van der Waals surface area (Å²) in [5.74, 6) is -10.6. The number of alkyl halides is 4. The molecule has 1 nitrogen and oxygen atoms in total. The Labute approximate surface area is 59.7 Å². The van der Waals surface area contributed by atoms with E-state index in [1.807, 2.05) is 0 Å². The van der Waals surface area contributed by atoms with E-state index in [1.165, 1.54) is 0 Å². The molecule has 0 aromatic rings. The average Bonchev–Trinajstić information content (AvgIpc) is 1.93. The zero-order chi connectivity index (χ0) is 8.86. The first kappa shape index (κ1) is 8.23. The van der Waals surface area contributed by atoms with Crippen molar-refractivity contribution in [3.63, 3.8) is 0 Å². The monoisotopic (exact) mass is 168 g/mol. The Kier molecular flexibility index (Phi) is 1.37. The lowest BCUT2D eigenvalue weighted by molar-refractivity contribution is -0.179. The molecule has 0 atom stereocenters. The lowest BCUT2D eigenvalue weighted by Gasteiger charge is -2.15. The fourth-order valence-corrected chi connectivity index (χ4v) is 0.827. The molecular formula is C6H4F4O. The molecule has 0 aromatic carbocycles. The summed E-state index contributed by atoms with van der Waals surface area (Å²) in [6, 6.07) is 0. The van der Waals surface area contributed by atoms with Crippen molar-refractivity contribution in [2.24, 2.45) is 0 Å². The van der Waals surface area contributed by atoms with Gasteiger partial charge in [0.05, 0.1) is 0 Å². The van der Waals surface area contributed by atoms with Gasteiger partial charge in [-0.3, -0.25) is 4.79 Å². The van der Waals surface area contributed by atoms with Crippen LogP contribution in [0.3, 0.4) is 0 Å². The number of halogens is 4. The van der Waals surface area contributed by atoms with Crippen LogP contribution in [-0.2, 0) is 4.79 Å². The third-order valence-corrected chi connectivity index (χ3v) is 1.46. The third kappa shape index (κ3) is 0.868. The second kappa shape index (κ2) is 1.84. The lowest BCUT2D eigenvalue weighted by Crippen LogP contribution is -2.40. The highest BCUT2D eigenvalue weighted by molar-refractivity contribution is 6.04. The van der Waals surface area contributed by atoms with Crippen molar-refractivity contribution in [1.82, 2.24) is 0 Å². The number of hydrogen-bond donors (Lipinski definition) is 0. The van der Waals surface area contributed by atoms with Crippen LogP contribution in [0.5, 0.6) is 0 Å². The largest absolute Gasteiger partial charge is 0.375 e. The minimum atomic E-state index is -4.54. The Morgan fingerprint density at radius 2 is 1.73 bits per heavy atom. The fraction of sp³-hybridized carbons (Fsp3) is 0.500. The van der Waals surface area contributed by atoms with Gasteiger partial charge in [0, 0.05) is 5.57 Å². The van der Waals surface area contributed by atoms with Gasteiger partial charge in [0.2, 0.25) is 5.78 Å². The molecule has 5 heteroatoms. The zero-order valence-corrected chi connectivity index (χ0v) is 5.50. The molecule has 0 N–H and O–H groups in total. The van der Waals surface area contributed by atoms with Gasteiger partial charge in [-0.2, -0.15) is 17.6 Å². The van der Waals surface area contributed by atoms with Gasteiger partial charge in [0.15, 0.2) is 0 Å². The summed E-state index contributed by atoms with van der Waals surface area (Å²) in [6.45, 7) is 0.942. The van der Waals surface area contributed by atoms with Gasteiger partial charge in [0.1, 0.15) is 0 Å². The van der Waals surface area contributed by atoms with Crippen LogP contribution in [-0.4, -0.2) is 17.6 Å². The molecular weight excluding hydrogens is 164 g/mol. The van der Waals surface area contributed by atoms with E-state index >= 15 is 0 Å². The molecule has 1 rings (SSSR count). The van der Waals surface area contributed by atoms with Crippen LogP contribution in [0.25, 0.3) is 0 Å². The maximum Gasteiger partial charge on any atom is 0.375 e. The fourth-order valence-electron chi connectivity index (χ4n) is 0.827. The molecule has 0 heterocycles. The van der Waals surface area contributed by atoms with Crippen molar-refractivity contribution in [1.29, 1.82) is 0 Å². The summed E-state index contributed by atoms with van der Waals surface area (Å²) in [4.78, 5) is 10.3. The highest BCUT2D eigenvalue weighted by Crippen LogP contribution is 2.43. The first-order valence-electron chi connectivity index (χ1n) is 2.79. The molecule has 0 unspecified atom stereocenters. The molecule has 1 aliphatic rings. The summed E-state index contributed by atoms with van der Waals surface area (Å²) in [6.07, 6.45) is -0.00463. The van der Waals surface area contributed by atoms with E-state index in [0.717, 1.165) is 6.92 Å². The summed E-state index contributed by atoms with van der Waals surface area (Å²) >= 11 is 0. The number of allylic oxidation sites excluding steroid dienone is 2. The van der Waals surface area contributed by atoms with E-state index in [1.54, 1.807) is 0 Å². The maximum atomic E-state index is 12.2. The van der Waals surface area contributed by atoms with Gasteiger partial charge in [-0.05, 0) is 13.0 Å². The first-order valence-corrected chi connectivity index (χ1v) is 2.79. The maximum absolute atomic E-state index is 12.2. The van der Waals surface area contributed by atoms with Crippen molar-refractivity contribution in [2.45, 2.75) is 18.8 Å². The summed E-state index contributed by atoms with van der Waals surface area (Å²) in [5, 5.41) is 0. The Morgan fingerprint density at radius 3 is 1.82 bits per heavy atom. The molecule has 0 aromatic heterocycles. The van der Waals surface area contributed by atoms with Crippen molar-refractivity contribution < 1.29 is 22.4 Å². The molecule has 0 radical (unpaired) electrons. The second-order valence-corrected chi connectivity index (χ2v) is 2.35. The number of hydrogen-bond acceptors (Lipinski definition) is 1. The minimum Gasteiger partial charge on any atom is -0.287 e. The quantitative estimate of drug-likeness (QED) is 0.504. The smallest absolute Gasteiger partial charge is 0.287 e. The number of ketones is 1. The van der Waals surface area contributed by atoms with Crippen LogP contribution in [0.2, 0.25) is 0 Å². The molecule has 0 spiro atoms. The standard InChI is InChI=1S/C6H4F4O/c1-3-2-5(7,8)6(9,10)4(3)11/h2H,1H3. The van der Waals surface area contributed by atoms with Gasteiger partial charge in [-0.15, -0.1) is 0 Å². The Balaban J connectivity index is 3.16. The molecule has 0 saturated heterocycles. The van der Waals surface area contributed by atoms with Crippen LogP contribution in [0.15, 0.2) is 11.6 Å². The third-order valence-electron chi connectivity index (χ3n) is 1.46. The number of rotatable bonds is 0. The minimum absolute atomic E-state index is 0.00463. The normalized spacial score (nSPS) is 27.0. The zero-order valence-electron chi connectivity index (χ0n) is 5.50. The van der Waals surface area contributed by atoms with Crippen molar-refractivity contribution in [3.8, 4) is 0 Å². The molecule has 0 fully saturated rings. The van der Waals surface area contributed by atoms with E-state index in [4.69, 9.17) is 0 Å². The Morgan fingerprint density at radius 1 is 1.27 bits per heavy atom. The second-order valence-electron chi connectivity index (χ2n) is 2.35. The van der Waals surface area contributed by atoms with E-state index in [2.05, 4.69) is 0 Å². The van der Waals surface area contributed by atoms with E-state index in [0.29, 0.717) is 0 Å². The van der Waals surface area contributed by atoms with Crippen molar-refractivity contribution in [3.05, 3.63) is 11.6 Å². The van der Waals surface area contributed by atoms with E-state index < -0.39 is 23.2 Å². The molecule has 0 aliphatic heterocycles. The lowest BCUT2D eigenvalue weighted by atomic mass is 10.2. The summed E-state index contributed by atoms with van der Waals surface area (Å²) in [5.41, 5.74) is -0.583. The molecule has 0 saturated carbocycles. The summed E-state index contributed by atoms with van der Waals surface area (Å²) < 4.78 is 48.8. The topological polar surface area (TPSA) is 17.1 Å². The number of Topliss-reactive ketones (excluding diaryl/α,β-unsaturated/α-hetero) is 1. The van der Waals surface area contributed by atoms with E-state index in [9.17, 15) is 22.4 Å². The predicted octanol–water partition coefficient (Wildman–Crippen LogP) is 1.79. The molecule has 1 aliphatic carbocycles. The van der Waals surface area contributed by atoms with Crippen LogP contribution < -0.4 is 0 Å². The van der Waals surface area contributed by atoms with Crippen LogP contribution in [0.4, 0.5) is 17.6 Å². The predicted molar refractivity (Wildman–Crippen MR) is 28.7 cm³/mol. The molecule has 11 heavy (non-hydrogen) atoms. The van der Waals surface area contributed by atoms with Gasteiger partial charge < -0.3 is 0 Å². The average molecular weight is 168 g/mol. The SMILES string of the molecule is CC1=CC(F)(F)C(F)(F)C1=O.